The van der Waals surface area contributed by atoms with E-state index in [0.29, 0.717) is 0 Å². The number of hydrogen-bond acceptors (Lipinski definition) is 3. The highest BCUT2D eigenvalue weighted by molar-refractivity contribution is 5.92. The second-order valence-electron chi connectivity index (χ2n) is 10.4. The number of rotatable bonds is 4. The van der Waals surface area contributed by atoms with Gasteiger partial charge < -0.3 is 10.2 Å². The molecule has 1 aliphatic heterocycles. The maximum absolute atomic E-state index is 5.21. The van der Waals surface area contributed by atoms with Gasteiger partial charge in [0.15, 0.2) is 0 Å². The minimum Gasteiger partial charge on any atom is -0.355 e. The molecular weight excluding hydrogens is 500 g/mol. The summed E-state index contributed by atoms with van der Waals surface area (Å²) in [6, 6.07) is 51.2. The molecule has 0 atom stereocenters. The standard InChI is InChI=1S/C37H26N4/c1-4-13-28(14-5-1)38-29-20-21-32-36(24-29)41(31-17-8-3-9-18-31)37-25-35-27(23-33(37)39-32)22-26-12-10-11-19-34(26)40(35)30-15-6-2-7-16-30/h1-21,23-25H,22H2/p+1. The van der Waals surface area contributed by atoms with Gasteiger partial charge in [0.25, 0.3) is 0 Å². The van der Waals surface area contributed by atoms with Crippen LogP contribution in [0.2, 0.25) is 0 Å². The Kier molecular flexibility index (Phi) is 5.49. The molecule has 1 N–H and O–H groups in total. The van der Waals surface area contributed by atoms with E-state index < -0.39 is 0 Å². The Morgan fingerprint density at radius 2 is 1.22 bits per heavy atom. The monoisotopic (exact) mass is 527 g/mol. The lowest BCUT2D eigenvalue weighted by molar-refractivity contribution is -0.538. The van der Waals surface area contributed by atoms with Crippen LogP contribution in [0.1, 0.15) is 11.1 Å². The van der Waals surface area contributed by atoms with Gasteiger partial charge in [-0.15, -0.1) is 4.57 Å². The molecule has 0 saturated carbocycles. The number of para-hydroxylation sites is 4. The van der Waals surface area contributed by atoms with Crippen LogP contribution >= 0.6 is 0 Å². The third kappa shape index (κ3) is 4.09. The number of nitrogens with zero attached hydrogens (tertiary/aromatic N) is 3. The van der Waals surface area contributed by atoms with Gasteiger partial charge in [-0.1, -0.05) is 72.8 Å². The average Bonchev–Trinajstić information content (AvgIpc) is 3.03. The van der Waals surface area contributed by atoms with Crippen molar-refractivity contribution in [2.24, 2.45) is 0 Å². The van der Waals surface area contributed by atoms with E-state index in [1.807, 2.05) is 18.2 Å². The molecule has 0 radical (unpaired) electrons. The minimum atomic E-state index is 0.871. The Morgan fingerprint density at radius 1 is 0.537 bits per heavy atom. The molecule has 1 aromatic heterocycles. The molecule has 0 bridgehead atoms. The molecule has 2 heterocycles. The van der Waals surface area contributed by atoms with E-state index >= 15 is 0 Å². The van der Waals surface area contributed by atoms with Crippen molar-refractivity contribution in [2.75, 3.05) is 10.2 Å². The molecule has 194 valence electrons. The van der Waals surface area contributed by atoms with Crippen molar-refractivity contribution in [3.05, 3.63) is 157 Å². The van der Waals surface area contributed by atoms with Crippen LogP contribution in [0.5, 0.6) is 0 Å². The van der Waals surface area contributed by atoms with Gasteiger partial charge in [0.2, 0.25) is 16.7 Å². The molecule has 8 rings (SSSR count). The summed E-state index contributed by atoms with van der Waals surface area (Å²) in [5.41, 5.74) is 13.4. The third-order valence-electron chi connectivity index (χ3n) is 7.82. The average molecular weight is 528 g/mol. The summed E-state index contributed by atoms with van der Waals surface area (Å²) in [5.74, 6) is 0. The molecule has 1 aliphatic rings. The number of fused-ring (bicyclic) bond motifs is 4. The smallest absolute Gasteiger partial charge is 0.239 e. The number of aromatic nitrogens is 2. The first-order valence-corrected chi connectivity index (χ1v) is 13.9. The quantitative estimate of drug-likeness (QED) is 0.183. The second kappa shape index (κ2) is 9.61. The fourth-order valence-corrected chi connectivity index (χ4v) is 5.97. The Balaban J connectivity index is 1.40. The van der Waals surface area contributed by atoms with E-state index in [0.717, 1.165) is 51.2 Å². The highest BCUT2D eigenvalue weighted by atomic mass is 15.2. The third-order valence-corrected chi connectivity index (χ3v) is 7.82. The number of anilines is 5. The van der Waals surface area contributed by atoms with Crippen molar-refractivity contribution in [3.63, 3.8) is 0 Å². The van der Waals surface area contributed by atoms with E-state index in [2.05, 4.69) is 142 Å². The largest absolute Gasteiger partial charge is 0.355 e. The van der Waals surface area contributed by atoms with Crippen molar-refractivity contribution in [1.82, 2.24) is 4.98 Å². The SMILES string of the molecule is c1ccc(Nc2ccc3nc4cc5c(cc4[n+](-c4ccccc4)c3c2)N(c2ccccc2)c2ccccc2C5)cc1. The Hall–Kier alpha value is -5.48. The first-order chi connectivity index (χ1) is 20.3. The number of benzene rings is 6. The Morgan fingerprint density at radius 3 is 2.02 bits per heavy atom. The summed E-state index contributed by atoms with van der Waals surface area (Å²) in [6.07, 6.45) is 0.871. The maximum atomic E-state index is 5.21. The van der Waals surface area contributed by atoms with E-state index in [-0.39, 0.29) is 0 Å². The fourth-order valence-electron chi connectivity index (χ4n) is 5.97. The molecule has 0 saturated heterocycles. The van der Waals surface area contributed by atoms with E-state index in [9.17, 15) is 0 Å². The topological polar surface area (TPSA) is 32.0 Å². The Labute approximate surface area is 238 Å². The first kappa shape index (κ1) is 23.4. The molecule has 0 aliphatic carbocycles. The van der Waals surface area contributed by atoms with Crippen molar-refractivity contribution in [1.29, 1.82) is 0 Å². The van der Waals surface area contributed by atoms with Crippen molar-refractivity contribution < 1.29 is 4.57 Å². The lowest BCUT2D eigenvalue weighted by atomic mass is 9.94. The highest BCUT2D eigenvalue weighted by Gasteiger charge is 2.28. The normalized spacial score (nSPS) is 12.2. The van der Waals surface area contributed by atoms with Gasteiger partial charge >= 0.3 is 0 Å². The van der Waals surface area contributed by atoms with Crippen LogP contribution in [0.25, 0.3) is 27.8 Å². The first-order valence-electron chi connectivity index (χ1n) is 13.9. The van der Waals surface area contributed by atoms with Gasteiger partial charge in [-0.2, -0.15) is 0 Å². The molecular formula is C37H27N4+. The molecule has 0 fully saturated rings. The molecule has 4 heteroatoms. The Bertz CT molecular complexity index is 2040. The lowest BCUT2D eigenvalue weighted by Gasteiger charge is -2.33. The molecule has 0 unspecified atom stereocenters. The lowest BCUT2D eigenvalue weighted by Crippen LogP contribution is -2.33. The van der Waals surface area contributed by atoms with Crippen molar-refractivity contribution >= 4 is 50.5 Å². The van der Waals surface area contributed by atoms with Crippen LogP contribution in [0.3, 0.4) is 0 Å². The summed E-state index contributed by atoms with van der Waals surface area (Å²) in [7, 11) is 0. The summed E-state index contributed by atoms with van der Waals surface area (Å²) < 4.78 is 2.35. The molecule has 0 amide bonds. The van der Waals surface area contributed by atoms with E-state index in [4.69, 9.17) is 4.98 Å². The van der Waals surface area contributed by atoms with Crippen molar-refractivity contribution in [2.45, 2.75) is 6.42 Å². The summed E-state index contributed by atoms with van der Waals surface area (Å²) in [5, 5.41) is 3.56. The van der Waals surface area contributed by atoms with Crippen LogP contribution in [0, 0.1) is 0 Å². The molecule has 4 nitrogen and oxygen atoms in total. The number of hydrogen-bond donors (Lipinski definition) is 1. The van der Waals surface area contributed by atoms with Gasteiger partial charge in [0.1, 0.15) is 11.0 Å². The van der Waals surface area contributed by atoms with Gasteiger partial charge in [-0.05, 0) is 59.7 Å². The van der Waals surface area contributed by atoms with E-state index in [1.54, 1.807) is 0 Å². The maximum Gasteiger partial charge on any atom is 0.239 e. The highest BCUT2D eigenvalue weighted by Crippen LogP contribution is 2.44. The predicted octanol–water partition coefficient (Wildman–Crippen LogP) is 8.78. The molecule has 6 aromatic carbocycles. The second-order valence-corrected chi connectivity index (χ2v) is 10.4. The zero-order chi connectivity index (χ0) is 27.2. The van der Waals surface area contributed by atoms with Crippen LogP contribution in [0.4, 0.5) is 28.4 Å². The van der Waals surface area contributed by atoms with Crippen LogP contribution in [0.15, 0.2) is 146 Å². The van der Waals surface area contributed by atoms with Crippen LogP contribution < -0.4 is 14.8 Å². The predicted molar refractivity (Wildman–Crippen MR) is 168 cm³/mol. The van der Waals surface area contributed by atoms with Crippen molar-refractivity contribution in [3.8, 4) is 5.69 Å². The minimum absolute atomic E-state index is 0.871. The molecule has 0 spiro atoms. The molecule has 41 heavy (non-hydrogen) atoms. The van der Waals surface area contributed by atoms with E-state index in [1.165, 1.54) is 22.5 Å². The zero-order valence-electron chi connectivity index (χ0n) is 22.4. The zero-order valence-corrected chi connectivity index (χ0v) is 22.4. The van der Waals surface area contributed by atoms with Gasteiger partial charge in [0.05, 0.1) is 5.69 Å². The van der Waals surface area contributed by atoms with Gasteiger partial charge in [-0.25, -0.2) is 4.98 Å². The summed E-state index contributed by atoms with van der Waals surface area (Å²) in [6.45, 7) is 0. The van der Waals surface area contributed by atoms with Crippen LogP contribution in [-0.4, -0.2) is 4.98 Å². The van der Waals surface area contributed by atoms with Gasteiger partial charge in [-0.3, -0.25) is 0 Å². The molecule has 7 aromatic rings. The summed E-state index contributed by atoms with van der Waals surface area (Å²) in [4.78, 5) is 7.60. The summed E-state index contributed by atoms with van der Waals surface area (Å²) >= 11 is 0. The fraction of sp³-hybridized carbons (Fsp3) is 0.0270. The van der Waals surface area contributed by atoms with Gasteiger partial charge in [0, 0.05) is 53.4 Å². The van der Waals surface area contributed by atoms with Crippen LogP contribution in [-0.2, 0) is 6.42 Å². The number of nitrogens with one attached hydrogen (secondary N) is 1.